The molecule has 0 saturated heterocycles. The molecule has 3 nitrogen and oxygen atoms in total. The van der Waals surface area contributed by atoms with Gasteiger partial charge in [0.15, 0.2) is 0 Å². The van der Waals surface area contributed by atoms with Crippen LogP contribution < -0.4 is 22.1 Å². The number of rotatable bonds is 3. The van der Waals surface area contributed by atoms with Gasteiger partial charge in [0.2, 0.25) is 0 Å². The van der Waals surface area contributed by atoms with E-state index in [4.69, 9.17) is 5.73 Å². The summed E-state index contributed by atoms with van der Waals surface area (Å²) in [5.41, 5.74) is 10.5. The Morgan fingerprint density at radius 3 is 1.80 bits per heavy atom. The van der Waals surface area contributed by atoms with Gasteiger partial charge < -0.3 is 18.1 Å². The number of hydrogen-bond acceptors (Lipinski definition) is 3. The van der Waals surface area contributed by atoms with Crippen LogP contribution in [0.5, 0.6) is 0 Å². The molecule has 0 aliphatic carbocycles. The number of aromatic nitrogens is 2. The maximum atomic E-state index is 5.96. The van der Waals surface area contributed by atoms with Crippen LogP contribution in [0, 0.1) is 0 Å². The molecular formula is C20H16ClN3S. The fourth-order valence-electron chi connectivity index (χ4n) is 2.67. The van der Waals surface area contributed by atoms with E-state index in [9.17, 15) is 0 Å². The summed E-state index contributed by atoms with van der Waals surface area (Å²) < 4.78 is 2.07. The lowest BCUT2D eigenvalue weighted by atomic mass is 10.1. The van der Waals surface area contributed by atoms with Crippen molar-refractivity contribution in [1.82, 2.24) is 4.98 Å². The molecule has 1 aromatic heterocycles. The van der Waals surface area contributed by atoms with Gasteiger partial charge in [-0.25, -0.2) is 0 Å². The van der Waals surface area contributed by atoms with Gasteiger partial charge in [-0.2, -0.15) is 0 Å². The fraction of sp³-hybridized carbons (Fsp3) is 0. The highest BCUT2D eigenvalue weighted by molar-refractivity contribution is 7.05. The van der Waals surface area contributed by atoms with Gasteiger partial charge in [-0.1, -0.05) is 60.7 Å². The number of nitrogens with two attached hydrogens (primary N) is 1. The molecular weight excluding hydrogens is 350 g/mol. The van der Waals surface area contributed by atoms with E-state index in [0.717, 1.165) is 17.1 Å². The van der Waals surface area contributed by atoms with Gasteiger partial charge in [-0.3, -0.25) is 0 Å². The van der Waals surface area contributed by atoms with Gasteiger partial charge in [0.25, 0.3) is 0 Å². The van der Waals surface area contributed by atoms with Gasteiger partial charge in [0, 0.05) is 0 Å². The number of anilines is 1. The summed E-state index contributed by atoms with van der Waals surface area (Å²) in [5, 5.41) is 0.556. The highest BCUT2D eigenvalue weighted by Crippen LogP contribution is 2.23. The molecule has 0 saturated carbocycles. The summed E-state index contributed by atoms with van der Waals surface area (Å²) in [4.78, 5) is 4.50. The zero-order valence-corrected chi connectivity index (χ0v) is 14.9. The van der Waals surface area contributed by atoms with Crippen molar-refractivity contribution in [1.29, 1.82) is 0 Å². The SMILES string of the molecule is Nc1nc(-c2ccccc2)[n+](-c2ccc(-c3ccccc3)cc2)s1.[Cl-]. The van der Waals surface area contributed by atoms with Crippen LogP contribution in [0.4, 0.5) is 5.13 Å². The Morgan fingerprint density at radius 2 is 1.20 bits per heavy atom. The van der Waals surface area contributed by atoms with Crippen LogP contribution in [0.15, 0.2) is 84.9 Å². The summed E-state index contributed by atoms with van der Waals surface area (Å²) in [6, 6.07) is 28.9. The molecule has 4 aromatic rings. The summed E-state index contributed by atoms with van der Waals surface area (Å²) >= 11 is 1.45. The lowest BCUT2D eigenvalue weighted by molar-refractivity contribution is -0.509. The van der Waals surface area contributed by atoms with Crippen molar-refractivity contribution in [2.75, 3.05) is 5.73 Å². The lowest BCUT2D eigenvalue weighted by Gasteiger charge is -2.02. The van der Waals surface area contributed by atoms with Crippen molar-refractivity contribution in [2.45, 2.75) is 0 Å². The maximum absolute atomic E-state index is 5.96. The minimum absolute atomic E-state index is 0. The third kappa shape index (κ3) is 3.55. The predicted octanol–water partition coefficient (Wildman–Crippen LogP) is 1.34. The molecule has 25 heavy (non-hydrogen) atoms. The van der Waals surface area contributed by atoms with Gasteiger partial charge in [-0.15, -0.1) is 3.96 Å². The minimum Gasteiger partial charge on any atom is -1.00 e. The number of halogens is 1. The molecule has 4 rings (SSSR count). The van der Waals surface area contributed by atoms with Crippen molar-refractivity contribution in [3.8, 4) is 28.2 Å². The fourth-order valence-corrected chi connectivity index (χ4v) is 3.45. The Morgan fingerprint density at radius 1 is 0.680 bits per heavy atom. The van der Waals surface area contributed by atoms with Gasteiger partial charge in [0.1, 0.15) is 17.2 Å². The molecule has 0 unspecified atom stereocenters. The second-order valence-corrected chi connectivity index (χ2v) is 6.40. The molecule has 0 amide bonds. The molecule has 0 fully saturated rings. The van der Waals surface area contributed by atoms with Crippen molar-refractivity contribution < 1.29 is 16.4 Å². The van der Waals surface area contributed by atoms with Gasteiger partial charge in [0.05, 0.1) is 5.56 Å². The average Bonchev–Trinajstić information content (AvgIpc) is 3.05. The molecule has 5 heteroatoms. The van der Waals surface area contributed by atoms with Crippen LogP contribution in [-0.2, 0) is 0 Å². The summed E-state index contributed by atoms with van der Waals surface area (Å²) in [6.07, 6.45) is 0. The largest absolute Gasteiger partial charge is 1.00 e. The Bertz CT molecular complexity index is 951. The first kappa shape index (κ1) is 17.1. The van der Waals surface area contributed by atoms with Crippen LogP contribution >= 0.6 is 11.5 Å². The normalized spacial score (nSPS) is 10.2. The zero-order chi connectivity index (χ0) is 16.4. The molecule has 2 N–H and O–H groups in total. The topological polar surface area (TPSA) is 42.8 Å². The van der Waals surface area contributed by atoms with E-state index in [1.165, 1.54) is 22.7 Å². The monoisotopic (exact) mass is 365 g/mol. The Balaban J connectivity index is 0.00000182. The Kier molecular flexibility index (Phi) is 5.12. The van der Waals surface area contributed by atoms with E-state index in [0.29, 0.717) is 5.13 Å². The second kappa shape index (κ2) is 7.47. The number of nitrogen functional groups attached to an aromatic ring is 1. The van der Waals surface area contributed by atoms with Crippen LogP contribution in [0.2, 0.25) is 0 Å². The van der Waals surface area contributed by atoms with Gasteiger partial charge in [-0.05, 0) is 40.4 Å². The summed E-state index contributed by atoms with van der Waals surface area (Å²) in [6.45, 7) is 0. The summed E-state index contributed by atoms with van der Waals surface area (Å²) in [5.74, 6) is 0.866. The van der Waals surface area contributed by atoms with E-state index in [-0.39, 0.29) is 12.4 Å². The van der Waals surface area contributed by atoms with Crippen LogP contribution in [0.25, 0.3) is 28.2 Å². The van der Waals surface area contributed by atoms with Crippen molar-refractivity contribution in [2.24, 2.45) is 0 Å². The van der Waals surface area contributed by atoms with Gasteiger partial charge >= 0.3 is 11.0 Å². The number of benzene rings is 3. The first-order valence-corrected chi connectivity index (χ1v) is 8.49. The van der Waals surface area contributed by atoms with E-state index < -0.39 is 0 Å². The van der Waals surface area contributed by atoms with Crippen molar-refractivity contribution in [3.63, 3.8) is 0 Å². The Labute approximate surface area is 157 Å². The standard InChI is InChI=1S/C20H15N3S.ClH/c21-20-22-19(17-9-5-2-6-10-17)23(24-20)18-13-11-16(12-14-18)15-7-3-1-4-8-15;/h1-14,21H;1H. The molecule has 0 atom stereocenters. The molecule has 0 aliphatic rings. The zero-order valence-electron chi connectivity index (χ0n) is 13.3. The van der Waals surface area contributed by atoms with Crippen LogP contribution in [0.3, 0.4) is 0 Å². The van der Waals surface area contributed by atoms with E-state index >= 15 is 0 Å². The quantitative estimate of drug-likeness (QED) is 0.557. The molecule has 0 radical (unpaired) electrons. The molecule has 0 spiro atoms. The first-order valence-electron chi connectivity index (χ1n) is 7.71. The average molecular weight is 366 g/mol. The summed E-state index contributed by atoms with van der Waals surface area (Å²) in [7, 11) is 0. The third-order valence-electron chi connectivity index (χ3n) is 3.83. The third-order valence-corrected chi connectivity index (χ3v) is 4.68. The Hall–Kier alpha value is -2.69. The molecule has 124 valence electrons. The number of hydrogen-bond donors (Lipinski definition) is 1. The maximum Gasteiger partial charge on any atom is 0.350 e. The van der Waals surface area contributed by atoms with Crippen molar-refractivity contribution >= 4 is 16.7 Å². The van der Waals surface area contributed by atoms with Crippen LogP contribution in [-0.4, -0.2) is 4.98 Å². The first-order chi connectivity index (χ1) is 11.8. The highest BCUT2D eigenvalue weighted by Gasteiger charge is 2.22. The van der Waals surface area contributed by atoms with E-state index in [1.54, 1.807) is 0 Å². The second-order valence-electron chi connectivity index (χ2n) is 5.44. The lowest BCUT2D eigenvalue weighted by Crippen LogP contribution is -3.00. The van der Waals surface area contributed by atoms with E-state index in [1.807, 2.05) is 36.4 Å². The number of nitrogens with zero attached hydrogens (tertiary/aromatic N) is 2. The molecule has 1 heterocycles. The molecule has 0 bridgehead atoms. The predicted molar refractivity (Wildman–Crippen MR) is 98.9 cm³/mol. The minimum atomic E-state index is 0. The van der Waals surface area contributed by atoms with Crippen LogP contribution in [0.1, 0.15) is 0 Å². The highest BCUT2D eigenvalue weighted by atomic mass is 35.5. The van der Waals surface area contributed by atoms with Crippen molar-refractivity contribution in [3.05, 3.63) is 84.9 Å². The molecule has 3 aromatic carbocycles. The smallest absolute Gasteiger partial charge is 0.350 e. The molecule has 0 aliphatic heterocycles. The van der Waals surface area contributed by atoms with E-state index in [2.05, 4.69) is 57.5 Å².